The minimum absolute atomic E-state index is 0.836. The monoisotopic (exact) mass is 428 g/mol. The van der Waals surface area contributed by atoms with Crippen LogP contribution in [-0.4, -0.2) is 44.2 Å². The van der Waals surface area contributed by atoms with E-state index in [0.29, 0.717) is 0 Å². The van der Waals surface area contributed by atoms with E-state index in [1.54, 1.807) is 0 Å². The van der Waals surface area contributed by atoms with Crippen LogP contribution in [0.4, 0.5) is 5.69 Å². The van der Waals surface area contributed by atoms with Crippen LogP contribution >= 0.6 is 0 Å². The number of nitrogens with zero attached hydrogens (tertiary/aromatic N) is 2. The van der Waals surface area contributed by atoms with Crippen molar-refractivity contribution >= 4 is 5.69 Å². The molecule has 0 aliphatic carbocycles. The summed E-state index contributed by atoms with van der Waals surface area (Å²) in [6.45, 7) is 12.9. The summed E-state index contributed by atoms with van der Waals surface area (Å²) in [5.74, 6) is 1.01. The number of unbranched alkanes of at least 4 members (excludes halogenated alkanes) is 11. The van der Waals surface area contributed by atoms with Gasteiger partial charge in [0.1, 0.15) is 5.75 Å². The molecule has 1 aliphatic heterocycles. The second-order valence-electron chi connectivity index (χ2n) is 9.14. The van der Waals surface area contributed by atoms with Gasteiger partial charge in [-0.2, -0.15) is 0 Å². The fourth-order valence-corrected chi connectivity index (χ4v) is 4.39. The Hall–Kier alpha value is -1.48. The van der Waals surface area contributed by atoms with E-state index >= 15 is 0 Å². The van der Waals surface area contributed by atoms with Crippen LogP contribution in [0.2, 0.25) is 0 Å². The third-order valence-electron chi connectivity index (χ3n) is 6.47. The first-order chi connectivity index (χ1) is 15.3. The van der Waals surface area contributed by atoms with Crippen LogP contribution in [0.25, 0.3) is 0 Å². The lowest BCUT2D eigenvalue weighted by Crippen LogP contribution is -2.46. The van der Waals surface area contributed by atoms with E-state index < -0.39 is 0 Å². The van der Waals surface area contributed by atoms with Gasteiger partial charge in [-0.25, -0.2) is 0 Å². The van der Waals surface area contributed by atoms with Gasteiger partial charge in [-0.3, -0.25) is 4.90 Å². The van der Waals surface area contributed by atoms with E-state index in [0.717, 1.165) is 38.3 Å². The molecule has 3 nitrogen and oxygen atoms in total. The van der Waals surface area contributed by atoms with E-state index in [1.807, 2.05) is 6.08 Å². The molecule has 176 valence electrons. The first kappa shape index (κ1) is 25.8. The molecular weight excluding hydrogens is 380 g/mol. The summed E-state index contributed by atoms with van der Waals surface area (Å²) >= 11 is 0. The van der Waals surface area contributed by atoms with Crippen LogP contribution in [-0.2, 0) is 0 Å². The van der Waals surface area contributed by atoms with Crippen molar-refractivity contribution in [1.82, 2.24) is 4.90 Å². The van der Waals surface area contributed by atoms with Crippen LogP contribution in [0.15, 0.2) is 36.9 Å². The SMILES string of the molecule is C=CCCCCCCCCOc1ccc(N2CCN(CCCCCCCC)CC2)cc1. The second-order valence-corrected chi connectivity index (χ2v) is 9.14. The molecule has 0 N–H and O–H groups in total. The van der Waals surface area contributed by atoms with Crippen molar-refractivity contribution in [3.8, 4) is 5.75 Å². The Balaban J connectivity index is 1.52. The molecule has 31 heavy (non-hydrogen) atoms. The first-order valence-electron chi connectivity index (χ1n) is 13.1. The number of rotatable bonds is 18. The first-order valence-corrected chi connectivity index (χ1v) is 13.1. The second kappa shape index (κ2) is 17.1. The van der Waals surface area contributed by atoms with Gasteiger partial charge in [0.25, 0.3) is 0 Å². The zero-order valence-electron chi connectivity index (χ0n) is 20.3. The van der Waals surface area contributed by atoms with Crippen molar-refractivity contribution in [3.05, 3.63) is 36.9 Å². The highest BCUT2D eigenvalue weighted by Crippen LogP contribution is 2.21. The Morgan fingerprint density at radius 1 is 0.774 bits per heavy atom. The smallest absolute Gasteiger partial charge is 0.119 e. The van der Waals surface area contributed by atoms with Gasteiger partial charge in [0, 0.05) is 31.9 Å². The Bertz CT molecular complexity index is 549. The molecule has 0 radical (unpaired) electrons. The third kappa shape index (κ3) is 11.6. The molecular formula is C28H48N2O. The van der Waals surface area contributed by atoms with Crippen molar-refractivity contribution in [2.24, 2.45) is 0 Å². The number of anilines is 1. The van der Waals surface area contributed by atoms with Crippen molar-refractivity contribution in [2.75, 3.05) is 44.2 Å². The summed E-state index contributed by atoms with van der Waals surface area (Å²) < 4.78 is 5.95. The van der Waals surface area contributed by atoms with Crippen LogP contribution in [0.3, 0.4) is 0 Å². The molecule has 1 fully saturated rings. The number of hydrogen-bond acceptors (Lipinski definition) is 3. The maximum Gasteiger partial charge on any atom is 0.119 e. The van der Waals surface area contributed by atoms with E-state index in [2.05, 4.69) is 47.6 Å². The van der Waals surface area contributed by atoms with Crippen molar-refractivity contribution < 1.29 is 4.74 Å². The molecule has 0 atom stereocenters. The highest BCUT2D eigenvalue weighted by atomic mass is 16.5. The fraction of sp³-hybridized carbons (Fsp3) is 0.714. The average Bonchev–Trinajstić information content (AvgIpc) is 2.81. The topological polar surface area (TPSA) is 15.7 Å². The molecule has 0 bridgehead atoms. The average molecular weight is 429 g/mol. The maximum absolute atomic E-state index is 5.95. The van der Waals surface area contributed by atoms with E-state index in [1.165, 1.54) is 96.0 Å². The lowest BCUT2D eigenvalue weighted by Gasteiger charge is -2.36. The number of benzene rings is 1. The molecule has 0 aromatic heterocycles. The van der Waals surface area contributed by atoms with Crippen molar-refractivity contribution in [1.29, 1.82) is 0 Å². The zero-order chi connectivity index (χ0) is 22.0. The Morgan fingerprint density at radius 3 is 2.06 bits per heavy atom. The molecule has 2 rings (SSSR count). The van der Waals surface area contributed by atoms with Gasteiger partial charge in [-0.05, 0) is 56.5 Å². The van der Waals surface area contributed by atoms with Crippen LogP contribution in [0.1, 0.15) is 90.4 Å². The molecule has 1 aromatic rings. The molecule has 1 aliphatic rings. The predicted octanol–water partition coefficient (Wildman–Crippen LogP) is 7.46. The molecule has 1 heterocycles. The van der Waals surface area contributed by atoms with Gasteiger partial charge in [-0.1, -0.05) is 70.8 Å². The van der Waals surface area contributed by atoms with E-state index in [9.17, 15) is 0 Å². The largest absolute Gasteiger partial charge is 0.494 e. The van der Waals surface area contributed by atoms with Gasteiger partial charge in [0.2, 0.25) is 0 Å². The summed E-state index contributed by atoms with van der Waals surface area (Å²) in [5.41, 5.74) is 1.34. The van der Waals surface area contributed by atoms with E-state index in [-0.39, 0.29) is 0 Å². The number of hydrogen-bond donors (Lipinski definition) is 0. The summed E-state index contributed by atoms with van der Waals surface area (Å²) in [5, 5.41) is 0. The predicted molar refractivity (Wildman–Crippen MR) is 136 cm³/mol. The minimum Gasteiger partial charge on any atom is -0.494 e. The Morgan fingerprint density at radius 2 is 1.39 bits per heavy atom. The van der Waals surface area contributed by atoms with Crippen LogP contribution in [0, 0.1) is 0 Å². The maximum atomic E-state index is 5.95. The minimum atomic E-state index is 0.836. The molecule has 3 heteroatoms. The van der Waals surface area contributed by atoms with E-state index in [4.69, 9.17) is 4.74 Å². The Labute approximate surface area is 192 Å². The normalized spacial score (nSPS) is 14.7. The van der Waals surface area contributed by atoms with Crippen LogP contribution < -0.4 is 9.64 Å². The van der Waals surface area contributed by atoms with Gasteiger partial charge in [0.15, 0.2) is 0 Å². The Kier molecular flexibility index (Phi) is 14.2. The molecule has 1 aromatic carbocycles. The summed E-state index contributed by atoms with van der Waals surface area (Å²) in [7, 11) is 0. The zero-order valence-corrected chi connectivity index (χ0v) is 20.3. The fourth-order valence-electron chi connectivity index (χ4n) is 4.39. The van der Waals surface area contributed by atoms with Gasteiger partial charge >= 0.3 is 0 Å². The molecule has 0 amide bonds. The summed E-state index contributed by atoms with van der Waals surface area (Å²) in [4.78, 5) is 5.17. The molecule has 0 spiro atoms. The van der Waals surface area contributed by atoms with Crippen molar-refractivity contribution in [3.63, 3.8) is 0 Å². The number of piperazine rings is 1. The van der Waals surface area contributed by atoms with Gasteiger partial charge in [0.05, 0.1) is 6.61 Å². The molecule has 0 saturated carbocycles. The summed E-state index contributed by atoms with van der Waals surface area (Å²) in [6, 6.07) is 8.76. The van der Waals surface area contributed by atoms with Crippen molar-refractivity contribution in [2.45, 2.75) is 90.4 Å². The van der Waals surface area contributed by atoms with Crippen LogP contribution in [0.5, 0.6) is 5.75 Å². The standard InChI is InChI=1S/C28H48N2O/c1-3-5-7-9-11-12-14-16-26-31-28-19-17-27(18-20-28)30-24-22-29(23-25-30)21-15-13-10-8-6-4-2/h3,17-20H,1,4-16,21-26H2,2H3. The number of ether oxygens (including phenoxy) is 1. The molecule has 1 saturated heterocycles. The quantitative estimate of drug-likeness (QED) is 0.178. The lowest BCUT2D eigenvalue weighted by molar-refractivity contribution is 0.252. The number of allylic oxidation sites excluding steroid dienone is 1. The molecule has 0 unspecified atom stereocenters. The third-order valence-corrected chi connectivity index (χ3v) is 6.47. The van der Waals surface area contributed by atoms with Gasteiger partial charge in [-0.15, -0.1) is 6.58 Å². The lowest BCUT2D eigenvalue weighted by atomic mass is 10.1. The van der Waals surface area contributed by atoms with Gasteiger partial charge < -0.3 is 9.64 Å². The highest BCUT2D eigenvalue weighted by molar-refractivity contribution is 5.49. The highest BCUT2D eigenvalue weighted by Gasteiger charge is 2.16. The summed E-state index contributed by atoms with van der Waals surface area (Å²) in [6.07, 6.45) is 19.2.